The number of halogens is 2. The Hall–Kier alpha value is -3.07. The van der Waals surface area contributed by atoms with Crippen LogP contribution in [0.2, 0.25) is 10.0 Å². The number of hydrogen-bond donors (Lipinski definition) is 1. The molecule has 0 aliphatic rings. The fourth-order valence-electron chi connectivity index (χ4n) is 4.31. The minimum absolute atomic E-state index is 0.0212. The molecular weight excluding hydrogens is 569 g/mol. The third kappa shape index (κ3) is 7.77. The van der Waals surface area contributed by atoms with Crippen molar-refractivity contribution < 1.29 is 18.0 Å². The van der Waals surface area contributed by atoms with E-state index in [1.54, 1.807) is 67.6 Å². The van der Waals surface area contributed by atoms with Crippen molar-refractivity contribution in [2.24, 2.45) is 0 Å². The van der Waals surface area contributed by atoms with Crippen LogP contribution in [0, 0.1) is 6.92 Å². The molecule has 3 aromatic rings. The van der Waals surface area contributed by atoms with Crippen molar-refractivity contribution in [2.45, 2.75) is 64.1 Å². The van der Waals surface area contributed by atoms with Gasteiger partial charge >= 0.3 is 0 Å². The van der Waals surface area contributed by atoms with E-state index >= 15 is 0 Å². The first-order valence-electron chi connectivity index (χ1n) is 12.9. The van der Waals surface area contributed by atoms with E-state index in [-0.39, 0.29) is 17.3 Å². The van der Waals surface area contributed by atoms with Gasteiger partial charge in [0.1, 0.15) is 12.6 Å². The van der Waals surface area contributed by atoms with Crippen molar-refractivity contribution in [3.05, 3.63) is 94.0 Å². The van der Waals surface area contributed by atoms with Crippen LogP contribution in [0.4, 0.5) is 5.69 Å². The average molecular weight is 605 g/mol. The van der Waals surface area contributed by atoms with Crippen molar-refractivity contribution in [1.82, 2.24) is 10.2 Å². The zero-order valence-electron chi connectivity index (χ0n) is 23.3. The molecule has 1 N–H and O–H groups in total. The first-order valence-corrected chi connectivity index (χ1v) is 15.1. The van der Waals surface area contributed by atoms with Crippen molar-refractivity contribution in [3.63, 3.8) is 0 Å². The molecule has 0 heterocycles. The molecule has 0 unspecified atom stereocenters. The van der Waals surface area contributed by atoms with Gasteiger partial charge in [0.05, 0.1) is 10.6 Å². The number of hydrogen-bond acceptors (Lipinski definition) is 4. The molecular formula is C30H35Cl2N3O4S. The van der Waals surface area contributed by atoms with Crippen LogP contribution in [0.15, 0.2) is 77.7 Å². The second kappa shape index (κ2) is 13.1. The molecule has 214 valence electrons. The molecule has 0 aromatic heterocycles. The second-order valence-corrected chi connectivity index (χ2v) is 13.2. The lowest BCUT2D eigenvalue weighted by atomic mass is 10.1. The number of amides is 2. The normalized spacial score (nSPS) is 12.5. The van der Waals surface area contributed by atoms with Gasteiger partial charge in [-0.1, -0.05) is 66.5 Å². The molecule has 0 saturated heterocycles. The summed E-state index contributed by atoms with van der Waals surface area (Å²) in [6, 6.07) is 18.9. The molecule has 0 aliphatic heterocycles. The van der Waals surface area contributed by atoms with Crippen LogP contribution < -0.4 is 9.62 Å². The van der Waals surface area contributed by atoms with E-state index in [1.165, 1.54) is 17.0 Å². The molecule has 0 bridgehead atoms. The van der Waals surface area contributed by atoms with Gasteiger partial charge in [0.2, 0.25) is 11.8 Å². The van der Waals surface area contributed by atoms with Gasteiger partial charge in [-0.25, -0.2) is 8.42 Å². The molecule has 2 amide bonds. The number of nitrogens with one attached hydrogen (secondary N) is 1. The standard InChI is InChI=1S/C30H35Cl2N3O4S/c1-6-26(29(37)33-30(3,4)5)34(19-22-12-10-11-15-25(22)32)28(36)20-35(27-17-16-23(31)18-21(27)2)40(38,39)24-13-8-7-9-14-24/h7-18,26H,6,19-20H2,1-5H3,(H,33,37)/t26-/m1/s1. The van der Waals surface area contributed by atoms with Crippen LogP contribution in [0.3, 0.4) is 0 Å². The summed E-state index contributed by atoms with van der Waals surface area (Å²) in [6.07, 6.45) is 0.309. The summed E-state index contributed by atoms with van der Waals surface area (Å²) in [6.45, 7) is 8.59. The van der Waals surface area contributed by atoms with Crippen LogP contribution in [0.25, 0.3) is 0 Å². The summed E-state index contributed by atoms with van der Waals surface area (Å²) in [5.74, 6) is -0.889. The lowest BCUT2D eigenvalue weighted by Crippen LogP contribution is -2.55. The number of carbonyl (C=O) groups is 2. The van der Waals surface area contributed by atoms with E-state index in [0.717, 1.165) is 4.31 Å². The molecule has 0 fully saturated rings. The first-order chi connectivity index (χ1) is 18.7. The van der Waals surface area contributed by atoms with Crippen molar-refractivity contribution in [3.8, 4) is 0 Å². The summed E-state index contributed by atoms with van der Waals surface area (Å²) in [7, 11) is -4.16. The van der Waals surface area contributed by atoms with Gasteiger partial charge in [0.25, 0.3) is 10.0 Å². The predicted octanol–water partition coefficient (Wildman–Crippen LogP) is 6.22. The summed E-state index contributed by atoms with van der Waals surface area (Å²) >= 11 is 12.6. The van der Waals surface area contributed by atoms with Gasteiger partial charge in [-0.3, -0.25) is 13.9 Å². The quantitative estimate of drug-likeness (QED) is 0.298. The number of rotatable bonds is 10. The van der Waals surface area contributed by atoms with Crippen LogP contribution in [-0.2, 0) is 26.2 Å². The van der Waals surface area contributed by atoms with Gasteiger partial charge in [0.15, 0.2) is 0 Å². The maximum atomic E-state index is 14.1. The monoisotopic (exact) mass is 603 g/mol. The second-order valence-electron chi connectivity index (χ2n) is 10.5. The number of anilines is 1. The Labute approximate surface area is 247 Å². The maximum Gasteiger partial charge on any atom is 0.264 e. The van der Waals surface area contributed by atoms with Crippen LogP contribution in [-0.4, -0.2) is 43.3 Å². The van der Waals surface area contributed by atoms with Gasteiger partial charge in [-0.2, -0.15) is 0 Å². The molecule has 40 heavy (non-hydrogen) atoms. The van der Waals surface area contributed by atoms with Crippen LogP contribution in [0.1, 0.15) is 45.2 Å². The molecule has 10 heteroatoms. The number of nitrogens with zero attached hydrogens (tertiary/aromatic N) is 2. The number of carbonyl (C=O) groups excluding carboxylic acids is 2. The lowest BCUT2D eigenvalue weighted by molar-refractivity contribution is -0.141. The predicted molar refractivity (Wildman–Crippen MR) is 161 cm³/mol. The lowest BCUT2D eigenvalue weighted by Gasteiger charge is -2.35. The van der Waals surface area contributed by atoms with Crippen LogP contribution in [0.5, 0.6) is 0 Å². The Balaban J connectivity index is 2.11. The average Bonchev–Trinajstić information content (AvgIpc) is 2.88. The Morgan fingerprint density at radius 1 is 0.950 bits per heavy atom. The summed E-state index contributed by atoms with van der Waals surface area (Å²) in [5.41, 5.74) is 0.994. The molecule has 0 radical (unpaired) electrons. The summed E-state index contributed by atoms with van der Waals surface area (Å²) < 4.78 is 28.9. The molecule has 0 saturated carbocycles. The molecule has 7 nitrogen and oxygen atoms in total. The maximum absolute atomic E-state index is 14.1. The van der Waals surface area contributed by atoms with Crippen LogP contribution >= 0.6 is 23.2 Å². The van der Waals surface area contributed by atoms with Crippen molar-refractivity contribution in [1.29, 1.82) is 0 Å². The number of benzene rings is 3. The zero-order valence-corrected chi connectivity index (χ0v) is 25.6. The van der Waals surface area contributed by atoms with Crippen molar-refractivity contribution >= 4 is 50.7 Å². The minimum atomic E-state index is -4.16. The fraction of sp³-hybridized carbons (Fsp3) is 0.333. The number of sulfonamides is 1. The van der Waals surface area contributed by atoms with E-state index in [2.05, 4.69) is 5.32 Å². The molecule has 1 atom stereocenters. The minimum Gasteiger partial charge on any atom is -0.350 e. The van der Waals surface area contributed by atoms with Gasteiger partial charge < -0.3 is 10.2 Å². The number of aryl methyl sites for hydroxylation is 1. The highest BCUT2D eigenvalue weighted by atomic mass is 35.5. The first kappa shape index (κ1) is 31.5. The highest BCUT2D eigenvalue weighted by Gasteiger charge is 2.35. The Morgan fingerprint density at radius 2 is 1.57 bits per heavy atom. The summed E-state index contributed by atoms with van der Waals surface area (Å²) in [4.78, 5) is 29.0. The Kier molecular flexibility index (Phi) is 10.3. The molecule has 0 spiro atoms. The third-order valence-corrected chi connectivity index (χ3v) is 8.60. The Bertz CT molecular complexity index is 1460. The molecule has 0 aliphatic carbocycles. The zero-order chi connectivity index (χ0) is 29.7. The highest BCUT2D eigenvalue weighted by Crippen LogP contribution is 2.30. The van der Waals surface area contributed by atoms with Gasteiger partial charge in [-0.15, -0.1) is 0 Å². The molecule has 3 aromatic carbocycles. The van der Waals surface area contributed by atoms with Crippen molar-refractivity contribution in [2.75, 3.05) is 10.8 Å². The fourth-order valence-corrected chi connectivity index (χ4v) is 6.24. The largest absolute Gasteiger partial charge is 0.350 e. The SMILES string of the molecule is CC[C@H](C(=O)NC(C)(C)C)N(Cc1ccccc1Cl)C(=O)CN(c1ccc(Cl)cc1C)S(=O)(=O)c1ccccc1. The smallest absolute Gasteiger partial charge is 0.264 e. The third-order valence-electron chi connectivity index (χ3n) is 6.22. The van der Waals surface area contributed by atoms with Gasteiger partial charge in [-0.05, 0) is 81.6 Å². The summed E-state index contributed by atoms with van der Waals surface area (Å²) in [5, 5.41) is 3.83. The van der Waals surface area contributed by atoms with E-state index < -0.39 is 34.1 Å². The molecule has 3 rings (SSSR count). The topological polar surface area (TPSA) is 86.8 Å². The van der Waals surface area contributed by atoms with E-state index in [4.69, 9.17) is 23.2 Å². The van der Waals surface area contributed by atoms with E-state index in [0.29, 0.717) is 33.3 Å². The van der Waals surface area contributed by atoms with E-state index in [1.807, 2.05) is 27.7 Å². The van der Waals surface area contributed by atoms with E-state index in [9.17, 15) is 18.0 Å². The highest BCUT2D eigenvalue weighted by molar-refractivity contribution is 7.92. The van der Waals surface area contributed by atoms with Gasteiger partial charge in [0, 0.05) is 22.1 Å². The Morgan fingerprint density at radius 3 is 2.15 bits per heavy atom.